The Kier molecular flexibility index (Phi) is 3.32. The summed E-state index contributed by atoms with van der Waals surface area (Å²) in [6, 6.07) is -0.0511. The van der Waals surface area contributed by atoms with E-state index in [0.717, 1.165) is 44.4 Å². The standard InChI is InChI=1S/C19H31NO2/c1-18-7-5-12(21)9-11(18)3-4-13-14(18)6-8-19(2)15(13)10-16(22)17(19)20/h3,12-17,21-22H,4-10,20H2,1-2H3/t12-,13+,14-,15+,16-,17-,18-,19+/m0/s1. The van der Waals surface area contributed by atoms with Crippen molar-refractivity contribution >= 4 is 0 Å². The number of rotatable bonds is 0. The summed E-state index contributed by atoms with van der Waals surface area (Å²) in [5.74, 6) is 1.96. The molecule has 0 unspecified atom stereocenters. The molecule has 3 nitrogen and oxygen atoms in total. The molecule has 22 heavy (non-hydrogen) atoms. The van der Waals surface area contributed by atoms with E-state index in [-0.39, 0.29) is 29.1 Å². The van der Waals surface area contributed by atoms with Crippen molar-refractivity contribution in [2.24, 2.45) is 34.3 Å². The molecule has 4 aliphatic carbocycles. The molecular formula is C19H31NO2. The van der Waals surface area contributed by atoms with Crippen LogP contribution in [0, 0.1) is 28.6 Å². The highest BCUT2D eigenvalue weighted by atomic mass is 16.3. The average molecular weight is 305 g/mol. The van der Waals surface area contributed by atoms with E-state index >= 15 is 0 Å². The highest BCUT2D eigenvalue weighted by Crippen LogP contribution is 2.64. The van der Waals surface area contributed by atoms with E-state index in [2.05, 4.69) is 19.9 Å². The molecular weight excluding hydrogens is 274 g/mol. The molecule has 0 aromatic rings. The maximum atomic E-state index is 10.3. The van der Waals surface area contributed by atoms with Gasteiger partial charge in [-0.25, -0.2) is 0 Å². The van der Waals surface area contributed by atoms with E-state index in [9.17, 15) is 10.2 Å². The first-order valence-electron chi connectivity index (χ1n) is 9.17. The van der Waals surface area contributed by atoms with Gasteiger partial charge in [0, 0.05) is 6.04 Å². The van der Waals surface area contributed by atoms with E-state index in [1.807, 2.05) is 0 Å². The van der Waals surface area contributed by atoms with Gasteiger partial charge in [0.15, 0.2) is 0 Å². The minimum atomic E-state index is -0.319. The maximum Gasteiger partial charge on any atom is 0.0699 e. The molecule has 0 heterocycles. The summed E-state index contributed by atoms with van der Waals surface area (Å²) in [7, 11) is 0. The third kappa shape index (κ3) is 1.85. The summed E-state index contributed by atoms with van der Waals surface area (Å²) in [6.45, 7) is 4.76. The molecule has 0 spiro atoms. The SMILES string of the molecule is C[C@@]12CC[C@H]3[C@@H](CC=C4C[C@@H](O)CC[C@@]43C)[C@H]1C[C@H](O)[C@@H]2N. The Bertz CT molecular complexity index is 504. The van der Waals surface area contributed by atoms with Crippen LogP contribution in [0.3, 0.4) is 0 Å². The Morgan fingerprint density at radius 2 is 1.91 bits per heavy atom. The summed E-state index contributed by atoms with van der Waals surface area (Å²) in [5.41, 5.74) is 8.29. The van der Waals surface area contributed by atoms with Crippen molar-refractivity contribution in [3.8, 4) is 0 Å². The lowest BCUT2D eigenvalue weighted by Gasteiger charge is -2.57. The summed E-state index contributed by atoms with van der Waals surface area (Å²) < 4.78 is 0. The zero-order valence-corrected chi connectivity index (χ0v) is 14.0. The van der Waals surface area contributed by atoms with E-state index in [1.54, 1.807) is 0 Å². The number of aliphatic hydroxyl groups is 2. The molecule has 0 aromatic heterocycles. The highest BCUT2D eigenvalue weighted by molar-refractivity contribution is 5.25. The normalized spacial score (nSPS) is 57.6. The van der Waals surface area contributed by atoms with Crippen molar-refractivity contribution < 1.29 is 10.2 Å². The second kappa shape index (κ2) is 4.81. The Morgan fingerprint density at radius 3 is 2.68 bits per heavy atom. The van der Waals surface area contributed by atoms with Gasteiger partial charge in [-0.05, 0) is 73.5 Å². The number of fused-ring (bicyclic) bond motifs is 5. The van der Waals surface area contributed by atoms with Gasteiger partial charge in [0.1, 0.15) is 0 Å². The zero-order chi connectivity index (χ0) is 15.7. The van der Waals surface area contributed by atoms with Crippen LogP contribution in [0.4, 0.5) is 0 Å². The lowest BCUT2D eigenvalue weighted by atomic mass is 9.48. The number of aliphatic hydroxyl groups excluding tert-OH is 2. The van der Waals surface area contributed by atoms with Gasteiger partial charge >= 0.3 is 0 Å². The van der Waals surface area contributed by atoms with Gasteiger partial charge < -0.3 is 15.9 Å². The molecule has 0 aromatic carbocycles. The number of allylic oxidation sites excluding steroid dienone is 1. The van der Waals surface area contributed by atoms with Crippen LogP contribution in [0.5, 0.6) is 0 Å². The minimum absolute atomic E-state index is 0.0511. The summed E-state index contributed by atoms with van der Waals surface area (Å²) in [6.07, 6.45) is 9.34. The van der Waals surface area contributed by atoms with Gasteiger partial charge in [-0.2, -0.15) is 0 Å². The smallest absolute Gasteiger partial charge is 0.0699 e. The van der Waals surface area contributed by atoms with Crippen molar-refractivity contribution in [2.45, 2.75) is 77.0 Å². The average Bonchev–Trinajstić information content (AvgIpc) is 2.72. The topological polar surface area (TPSA) is 66.5 Å². The van der Waals surface area contributed by atoms with Crippen LogP contribution >= 0.6 is 0 Å². The van der Waals surface area contributed by atoms with Crippen LogP contribution in [0.15, 0.2) is 11.6 Å². The van der Waals surface area contributed by atoms with Gasteiger partial charge in [0.25, 0.3) is 0 Å². The minimum Gasteiger partial charge on any atom is -0.393 e. The van der Waals surface area contributed by atoms with E-state index in [0.29, 0.717) is 11.8 Å². The molecule has 124 valence electrons. The molecule has 4 aliphatic rings. The van der Waals surface area contributed by atoms with Gasteiger partial charge in [0.2, 0.25) is 0 Å². The Balaban J connectivity index is 1.68. The van der Waals surface area contributed by atoms with Gasteiger partial charge in [-0.1, -0.05) is 25.5 Å². The first-order valence-corrected chi connectivity index (χ1v) is 9.17. The van der Waals surface area contributed by atoms with E-state index in [4.69, 9.17) is 5.73 Å². The fraction of sp³-hybridized carbons (Fsp3) is 0.895. The predicted molar refractivity (Wildman–Crippen MR) is 87.1 cm³/mol. The third-order valence-corrected chi connectivity index (χ3v) is 8.19. The van der Waals surface area contributed by atoms with Crippen LogP contribution < -0.4 is 5.73 Å². The molecule has 0 bridgehead atoms. The highest BCUT2D eigenvalue weighted by Gasteiger charge is 2.60. The lowest BCUT2D eigenvalue weighted by molar-refractivity contribution is -0.0403. The number of hydrogen-bond donors (Lipinski definition) is 3. The molecule has 3 fully saturated rings. The fourth-order valence-corrected chi connectivity index (χ4v) is 6.69. The molecule has 8 atom stereocenters. The van der Waals surface area contributed by atoms with Crippen molar-refractivity contribution in [2.75, 3.05) is 0 Å². The maximum absolute atomic E-state index is 10.3. The number of hydrogen-bond acceptors (Lipinski definition) is 3. The summed E-state index contributed by atoms with van der Waals surface area (Å²) in [5, 5.41) is 20.4. The molecule has 4 N–H and O–H groups in total. The Labute approximate surface area is 134 Å². The lowest BCUT2D eigenvalue weighted by Crippen LogP contribution is -2.53. The monoisotopic (exact) mass is 305 g/mol. The van der Waals surface area contributed by atoms with Crippen molar-refractivity contribution in [1.82, 2.24) is 0 Å². The first-order chi connectivity index (χ1) is 10.4. The van der Waals surface area contributed by atoms with Crippen molar-refractivity contribution in [3.63, 3.8) is 0 Å². The molecule has 0 aliphatic heterocycles. The van der Waals surface area contributed by atoms with Crippen LogP contribution in [0.25, 0.3) is 0 Å². The molecule has 3 saturated carbocycles. The molecule has 3 heteroatoms. The first kappa shape index (κ1) is 15.2. The summed E-state index contributed by atoms with van der Waals surface area (Å²) >= 11 is 0. The second-order valence-corrected chi connectivity index (χ2v) is 9.03. The molecule has 0 amide bonds. The van der Waals surface area contributed by atoms with Crippen LogP contribution in [0.2, 0.25) is 0 Å². The second-order valence-electron chi connectivity index (χ2n) is 9.03. The largest absolute Gasteiger partial charge is 0.393 e. The quantitative estimate of drug-likeness (QED) is 0.603. The molecule has 4 rings (SSSR count). The van der Waals surface area contributed by atoms with E-state index < -0.39 is 0 Å². The Hall–Kier alpha value is -0.380. The zero-order valence-electron chi connectivity index (χ0n) is 14.0. The van der Waals surface area contributed by atoms with E-state index in [1.165, 1.54) is 12.0 Å². The van der Waals surface area contributed by atoms with Gasteiger partial charge in [0.05, 0.1) is 12.2 Å². The van der Waals surface area contributed by atoms with Crippen LogP contribution in [-0.2, 0) is 0 Å². The Morgan fingerprint density at radius 1 is 1.14 bits per heavy atom. The third-order valence-electron chi connectivity index (χ3n) is 8.19. The van der Waals surface area contributed by atoms with Crippen molar-refractivity contribution in [1.29, 1.82) is 0 Å². The van der Waals surface area contributed by atoms with Crippen LogP contribution in [0.1, 0.15) is 58.8 Å². The molecule has 0 saturated heterocycles. The van der Waals surface area contributed by atoms with Crippen LogP contribution in [-0.4, -0.2) is 28.5 Å². The van der Waals surface area contributed by atoms with Gasteiger partial charge in [-0.15, -0.1) is 0 Å². The summed E-state index contributed by atoms with van der Waals surface area (Å²) in [4.78, 5) is 0. The number of nitrogens with two attached hydrogens (primary N) is 1. The fourth-order valence-electron chi connectivity index (χ4n) is 6.69. The van der Waals surface area contributed by atoms with Crippen molar-refractivity contribution in [3.05, 3.63) is 11.6 Å². The molecule has 0 radical (unpaired) electrons. The predicted octanol–water partition coefficient (Wildman–Crippen LogP) is 2.61. The van der Waals surface area contributed by atoms with Gasteiger partial charge in [-0.3, -0.25) is 0 Å².